The van der Waals surface area contributed by atoms with Crippen LogP contribution >= 0.6 is 11.6 Å². The van der Waals surface area contributed by atoms with E-state index in [2.05, 4.69) is 5.32 Å². The van der Waals surface area contributed by atoms with Crippen LogP contribution in [0.2, 0.25) is 5.02 Å². The van der Waals surface area contributed by atoms with Gasteiger partial charge in [-0.3, -0.25) is 9.59 Å². The first-order chi connectivity index (χ1) is 8.02. The number of hydrogen-bond donors (Lipinski definition) is 2. The smallest absolute Gasteiger partial charge is 0.303 e. The van der Waals surface area contributed by atoms with Crippen LogP contribution in [0.25, 0.3) is 0 Å². The number of halogens is 1. The Labute approximate surface area is 103 Å². The molecule has 0 spiro atoms. The average Bonchev–Trinajstić information content (AvgIpc) is 2.27. The van der Waals surface area contributed by atoms with Crippen molar-refractivity contribution in [2.75, 3.05) is 12.4 Å². The lowest BCUT2D eigenvalue weighted by Gasteiger charge is -2.09. The van der Waals surface area contributed by atoms with E-state index in [0.717, 1.165) is 0 Å². The summed E-state index contributed by atoms with van der Waals surface area (Å²) >= 11 is 5.78. The fourth-order valence-electron chi connectivity index (χ4n) is 1.21. The second-order valence-corrected chi connectivity index (χ2v) is 3.72. The largest absolute Gasteiger partial charge is 0.495 e. The lowest BCUT2D eigenvalue weighted by molar-refractivity contribution is -0.138. The van der Waals surface area contributed by atoms with Crippen molar-refractivity contribution in [2.24, 2.45) is 0 Å². The topological polar surface area (TPSA) is 75.6 Å². The van der Waals surface area contributed by atoms with Gasteiger partial charge in [-0.1, -0.05) is 11.6 Å². The van der Waals surface area contributed by atoms with Crippen molar-refractivity contribution in [3.63, 3.8) is 0 Å². The third kappa shape index (κ3) is 4.32. The van der Waals surface area contributed by atoms with Gasteiger partial charge in [0.05, 0.1) is 19.2 Å². The Morgan fingerprint density at radius 1 is 1.41 bits per heavy atom. The van der Waals surface area contributed by atoms with Crippen LogP contribution in [-0.4, -0.2) is 24.1 Å². The van der Waals surface area contributed by atoms with E-state index in [1.807, 2.05) is 0 Å². The van der Waals surface area contributed by atoms with Crippen molar-refractivity contribution >= 4 is 29.2 Å². The molecule has 0 saturated carbocycles. The molecule has 2 N–H and O–H groups in total. The summed E-state index contributed by atoms with van der Waals surface area (Å²) in [6.45, 7) is 0. The molecule has 1 aromatic carbocycles. The molecule has 0 unspecified atom stereocenters. The van der Waals surface area contributed by atoms with E-state index >= 15 is 0 Å². The number of ether oxygens (including phenoxy) is 1. The highest BCUT2D eigenvalue weighted by atomic mass is 35.5. The van der Waals surface area contributed by atoms with E-state index in [0.29, 0.717) is 16.5 Å². The van der Waals surface area contributed by atoms with Gasteiger partial charge in [0.15, 0.2) is 0 Å². The molecule has 0 saturated heterocycles. The molecule has 0 aliphatic carbocycles. The molecule has 1 amide bonds. The molecule has 1 rings (SSSR count). The monoisotopic (exact) mass is 257 g/mol. The Morgan fingerprint density at radius 2 is 2.12 bits per heavy atom. The molecule has 0 aliphatic heterocycles. The minimum absolute atomic E-state index is 0.0923. The van der Waals surface area contributed by atoms with Crippen molar-refractivity contribution < 1.29 is 19.4 Å². The molecular formula is C11H12ClNO4. The first kappa shape index (κ1) is 13.3. The maximum atomic E-state index is 11.4. The first-order valence-electron chi connectivity index (χ1n) is 4.88. The van der Waals surface area contributed by atoms with Gasteiger partial charge in [-0.2, -0.15) is 0 Å². The molecule has 92 valence electrons. The van der Waals surface area contributed by atoms with Crippen LogP contribution in [0.1, 0.15) is 12.8 Å². The number of hydrogen-bond acceptors (Lipinski definition) is 3. The standard InChI is InChI=1S/C11H12ClNO4/c1-17-9-3-2-7(12)6-8(9)13-10(14)4-5-11(15)16/h2-3,6H,4-5H2,1H3,(H,13,14)(H,15,16). The minimum atomic E-state index is -1.02. The van der Waals surface area contributed by atoms with Gasteiger partial charge in [0, 0.05) is 11.4 Å². The molecular weight excluding hydrogens is 246 g/mol. The van der Waals surface area contributed by atoms with Crippen LogP contribution in [-0.2, 0) is 9.59 Å². The van der Waals surface area contributed by atoms with Crippen molar-refractivity contribution in [3.05, 3.63) is 23.2 Å². The Balaban J connectivity index is 2.69. The van der Waals surface area contributed by atoms with Crippen LogP contribution in [0.3, 0.4) is 0 Å². The number of amides is 1. The van der Waals surface area contributed by atoms with Gasteiger partial charge in [-0.25, -0.2) is 0 Å². The highest BCUT2D eigenvalue weighted by Gasteiger charge is 2.09. The summed E-state index contributed by atoms with van der Waals surface area (Å²) in [5.41, 5.74) is 0.426. The fraction of sp³-hybridized carbons (Fsp3) is 0.273. The van der Waals surface area contributed by atoms with E-state index in [9.17, 15) is 9.59 Å². The quantitative estimate of drug-likeness (QED) is 0.847. The van der Waals surface area contributed by atoms with Gasteiger partial charge < -0.3 is 15.2 Å². The summed E-state index contributed by atoms with van der Waals surface area (Å²) in [5.74, 6) is -0.941. The summed E-state index contributed by atoms with van der Waals surface area (Å²) in [4.78, 5) is 21.7. The SMILES string of the molecule is COc1ccc(Cl)cc1NC(=O)CCC(=O)O. The highest BCUT2D eigenvalue weighted by Crippen LogP contribution is 2.27. The zero-order valence-corrected chi connectivity index (χ0v) is 9.95. The van der Waals surface area contributed by atoms with Gasteiger partial charge in [0.25, 0.3) is 0 Å². The molecule has 0 fully saturated rings. The van der Waals surface area contributed by atoms with Gasteiger partial charge >= 0.3 is 5.97 Å². The molecule has 1 aromatic rings. The Kier molecular flexibility index (Phi) is 4.78. The maximum Gasteiger partial charge on any atom is 0.303 e. The molecule has 0 aliphatic rings. The van der Waals surface area contributed by atoms with E-state index in [-0.39, 0.29) is 12.8 Å². The second-order valence-electron chi connectivity index (χ2n) is 3.29. The van der Waals surface area contributed by atoms with Crippen molar-refractivity contribution in [3.8, 4) is 5.75 Å². The predicted molar refractivity (Wildman–Crippen MR) is 63.5 cm³/mol. The fourth-order valence-corrected chi connectivity index (χ4v) is 1.38. The van der Waals surface area contributed by atoms with Crippen LogP contribution in [0.15, 0.2) is 18.2 Å². The number of rotatable bonds is 5. The van der Waals surface area contributed by atoms with Crippen molar-refractivity contribution in [1.29, 1.82) is 0 Å². The zero-order chi connectivity index (χ0) is 12.8. The number of nitrogens with one attached hydrogen (secondary N) is 1. The van der Waals surface area contributed by atoms with E-state index in [4.69, 9.17) is 21.4 Å². The number of benzene rings is 1. The van der Waals surface area contributed by atoms with Crippen LogP contribution in [0, 0.1) is 0 Å². The lowest BCUT2D eigenvalue weighted by atomic mass is 10.2. The Bertz CT molecular complexity index is 433. The number of carboxylic acid groups (broad SMARTS) is 1. The van der Waals surface area contributed by atoms with Crippen LogP contribution in [0.4, 0.5) is 5.69 Å². The summed E-state index contributed by atoms with van der Waals surface area (Å²) in [6.07, 6.45) is -0.306. The molecule has 0 aromatic heterocycles. The third-order valence-corrected chi connectivity index (χ3v) is 2.24. The average molecular weight is 258 g/mol. The van der Waals surface area contributed by atoms with Gasteiger partial charge in [-0.05, 0) is 18.2 Å². The Morgan fingerprint density at radius 3 is 2.71 bits per heavy atom. The molecule has 0 bridgehead atoms. The number of carbonyl (C=O) groups excluding carboxylic acids is 1. The van der Waals surface area contributed by atoms with Crippen molar-refractivity contribution in [2.45, 2.75) is 12.8 Å². The summed E-state index contributed by atoms with van der Waals surface area (Å²) in [7, 11) is 1.47. The van der Waals surface area contributed by atoms with Gasteiger partial charge in [0.1, 0.15) is 5.75 Å². The summed E-state index contributed by atoms with van der Waals surface area (Å²) < 4.78 is 5.04. The Hall–Kier alpha value is -1.75. The molecule has 0 atom stereocenters. The van der Waals surface area contributed by atoms with Gasteiger partial charge in [0.2, 0.25) is 5.91 Å². The normalized spacial score (nSPS) is 9.76. The molecule has 6 heteroatoms. The van der Waals surface area contributed by atoms with E-state index in [1.165, 1.54) is 7.11 Å². The van der Waals surface area contributed by atoms with Gasteiger partial charge in [-0.15, -0.1) is 0 Å². The molecule has 5 nitrogen and oxygen atoms in total. The summed E-state index contributed by atoms with van der Waals surface area (Å²) in [6, 6.07) is 4.79. The number of aliphatic carboxylic acids is 1. The molecule has 0 heterocycles. The number of anilines is 1. The van der Waals surface area contributed by atoms with Crippen molar-refractivity contribution in [1.82, 2.24) is 0 Å². The lowest BCUT2D eigenvalue weighted by Crippen LogP contribution is -2.13. The summed E-state index contributed by atoms with van der Waals surface area (Å²) in [5, 5.41) is 11.5. The van der Waals surface area contributed by atoms with Crippen LogP contribution < -0.4 is 10.1 Å². The van der Waals surface area contributed by atoms with E-state index < -0.39 is 11.9 Å². The number of carboxylic acids is 1. The number of carbonyl (C=O) groups is 2. The molecule has 17 heavy (non-hydrogen) atoms. The number of methoxy groups -OCH3 is 1. The maximum absolute atomic E-state index is 11.4. The first-order valence-corrected chi connectivity index (χ1v) is 5.26. The third-order valence-electron chi connectivity index (χ3n) is 2.00. The minimum Gasteiger partial charge on any atom is -0.495 e. The van der Waals surface area contributed by atoms with E-state index in [1.54, 1.807) is 18.2 Å². The predicted octanol–water partition coefficient (Wildman–Crippen LogP) is 2.15. The zero-order valence-electron chi connectivity index (χ0n) is 9.20. The van der Waals surface area contributed by atoms with Crippen LogP contribution in [0.5, 0.6) is 5.75 Å². The second kappa shape index (κ2) is 6.10. The molecule has 0 radical (unpaired) electrons. The highest BCUT2D eigenvalue weighted by molar-refractivity contribution is 6.31.